The second kappa shape index (κ2) is 4.18. The lowest BCUT2D eigenvalue weighted by molar-refractivity contribution is 0.610. The van der Waals surface area contributed by atoms with E-state index in [0.717, 1.165) is 24.0 Å². The Bertz CT molecular complexity index is 529. The first-order valence-corrected chi connectivity index (χ1v) is 5.75. The molecule has 2 heterocycles. The van der Waals surface area contributed by atoms with Crippen molar-refractivity contribution in [3.8, 4) is 0 Å². The van der Waals surface area contributed by atoms with Crippen LogP contribution in [0.3, 0.4) is 0 Å². The van der Waals surface area contributed by atoms with Crippen molar-refractivity contribution in [2.75, 3.05) is 0 Å². The lowest BCUT2D eigenvalue weighted by Gasteiger charge is -2.04. The standard InChI is InChI=1S/C10H12BrN3O/c1-2-3-4-13-5-6-14-8(11)7-12-9(14)10(13)15/h5-7H,2-4H2,1H3. The van der Waals surface area contributed by atoms with Gasteiger partial charge in [0.15, 0.2) is 0 Å². The lowest BCUT2D eigenvalue weighted by Crippen LogP contribution is -2.21. The van der Waals surface area contributed by atoms with Crippen molar-refractivity contribution in [2.45, 2.75) is 26.3 Å². The predicted octanol–water partition coefficient (Wildman–Crippen LogP) is 2.06. The third-order valence-corrected chi connectivity index (χ3v) is 2.94. The van der Waals surface area contributed by atoms with Crippen LogP contribution < -0.4 is 5.56 Å². The van der Waals surface area contributed by atoms with Crippen LogP contribution in [0, 0.1) is 0 Å². The van der Waals surface area contributed by atoms with E-state index in [4.69, 9.17) is 0 Å². The van der Waals surface area contributed by atoms with Gasteiger partial charge >= 0.3 is 0 Å². The summed E-state index contributed by atoms with van der Waals surface area (Å²) in [6, 6.07) is 0. The van der Waals surface area contributed by atoms with Crippen LogP contribution >= 0.6 is 15.9 Å². The van der Waals surface area contributed by atoms with Gasteiger partial charge in [0.2, 0.25) is 5.65 Å². The number of hydrogen-bond donors (Lipinski definition) is 0. The van der Waals surface area contributed by atoms with Gasteiger partial charge in [-0.25, -0.2) is 4.98 Å². The van der Waals surface area contributed by atoms with Crippen molar-refractivity contribution in [1.82, 2.24) is 14.0 Å². The zero-order chi connectivity index (χ0) is 10.8. The Balaban J connectivity index is 2.51. The van der Waals surface area contributed by atoms with Gasteiger partial charge in [0.05, 0.1) is 6.20 Å². The number of aromatic nitrogens is 3. The molecule has 4 nitrogen and oxygen atoms in total. The Hall–Kier alpha value is -1.10. The molecule has 15 heavy (non-hydrogen) atoms. The number of aryl methyl sites for hydroxylation is 1. The molecule has 2 rings (SSSR count). The molecule has 2 aromatic rings. The highest BCUT2D eigenvalue weighted by molar-refractivity contribution is 9.10. The van der Waals surface area contributed by atoms with Crippen molar-refractivity contribution in [3.63, 3.8) is 0 Å². The van der Waals surface area contributed by atoms with Crippen molar-refractivity contribution < 1.29 is 0 Å². The minimum atomic E-state index is -0.0309. The molecule has 0 atom stereocenters. The molecule has 0 saturated heterocycles. The SMILES string of the molecule is CCCCn1ccn2c(Br)cnc2c1=O. The molecule has 0 aliphatic heterocycles. The fourth-order valence-electron chi connectivity index (χ4n) is 1.49. The Morgan fingerprint density at radius 1 is 1.47 bits per heavy atom. The van der Waals surface area contributed by atoms with Crippen LogP contribution in [0.25, 0.3) is 5.65 Å². The van der Waals surface area contributed by atoms with Gasteiger partial charge in [0, 0.05) is 18.9 Å². The minimum absolute atomic E-state index is 0.0309. The van der Waals surface area contributed by atoms with E-state index in [1.165, 1.54) is 0 Å². The van der Waals surface area contributed by atoms with E-state index in [1.807, 2.05) is 6.20 Å². The molecule has 0 bridgehead atoms. The summed E-state index contributed by atoms with van der Waals surface area (Å²) < 4.78 is 4.25. The Labute approximate surface area is 95.7 Å². The summed E-state index contributed by atoms with van der Waals surface area (Å²) in [5, 5.41) is 0. The highest BCUT2D eigenvalue weighted by Crippen LogP contribution is 2.09. The zero-order valence-corrected chi connectivity index (χ0v) is 10.1. The molecule has 0 fully saturated rings. The molecule has 5 heteroatoms. The van der Waals surface area contributed by atoms with Gasteiger partial charge in [-0.15, -0.1) is 0 Å². The molecule has 0 N–H and O–H groups in total. The number of halogens is 1. The molecule has 80 valence electrons. The molecule has 0 saturated carbocycles. The molecule has 0 unspecified atom stereocenters. The van der Waals surface area contributed by atoms with Gasteiger partial charge in [-0.2, -0.15) is 0 Å². The van der Waals surface area contributed by atoms with Crippen LogP contribution in [-0.4, -0.2) is 14.0 Å². The van der Waals surface area contributed by atoms with Gasteiger partial charge in [0.25, 0.3) is 5.56 Å². The van der Waals surface area contributed by atoms with Gasteiger partial charge in [0.1, 0.15) is 4.60 Å². The maximum Gasteiger partial charge on any atom is 0.294 e. The Kier molecular flexibility index (Phi) is 2.90. The van der Waals surface area contributed by atoms with E-state index in [2.05, 4.69) is 27.8 Å². The Morgan fingerprint density at radius 2 is 2.27 bits per heavy atom. The highest BCUT2D eigenvalue weighted by atomic mass is 79.9. The third kappa shape index (κ3) is 1.84. The van der Waals surface area contributed by atoms with Crippen LogP contribution in [0.4, 0.5) is 0 Å². The number of fused-ring (bicyclic) bond motifs is 1. The summed E-state index contributed by atoms with van der Waals surface area (Å²) in [7, 11) is 0. The smallest absolute Gasteiger partial charge is 0.294 e. The number of unbranched alkanes of at least 4 members (excludes halogenated alkanes) is 1. The van der Waals surface area contributed by atoms with Gasteiger partial charge < -0.3 is 4.57 Å². The summed E-state index contributed by atoms with van der Waals surface area (Å²) in [6.45, 7) is 2.87. The zero-order valence-electron chi connectivity index (χ0n) is 8.48. The molecule has 0 aromatic carbocycles. The lowest BCUT2D eigenvalue weighted by atomic mass is 10.3. The summed E-state index contributed by atoms with van der Waals surface area (Å²) in [5.74, 6) is 0. The van der Waals surface area contributed by atoms with Crippen LogP contribution in [0.5, 0.6) is 0 Å². The van der Waals surface area contributed by atoms with Gasteiger partial charge in [-0.1, -0.05) is 13.3 Å². The first-order valence-electron chi connectivity index (χ1n) is 4.96. The molecular weight excluding hydrogens is 258 g/mol. The minimum Gasteiger partial charge on any atom is -0.311 e. The highest BCUT2D eigenvalue weighted by Gasteiger charge is 2.05. The van der Waals surface area contributed by atoms with Crippen LogP contribution in [-0.2, 0) is 6.54 Å². The predicted molar refractivity (Wildman–Crippen MR) is 62.1 cm³/mol. The molecule has 2 aromatic heterocycles. The molecule has 0 aliphatic carbocycles. The maximum atomic E-state index is 11.9. The van der Waals surface area contributed by atoms with Crippen molar-refractivity contribution in [2.24, 2.45) is 0 Å². The largest absolute Gasteiger partial charge is 0.311 e. The third-order valence-electron chi connectivity index (χ3n) is 2.35. The summed E-state index contributed by atoms with van der Waals surface area (Å²) in [5.41, 5.74) is 0.442. The fraction of sp³-hybridized carbons (Fsp3) is 0.400. The molecule has 0 amide bonds. The number of rotatable bonds is 3. The first-order chi connectivity index (χ1) is 7.24. The maximum absolute atomic E-state index is 11.9. The van der Waals surface area contributed by atoms with Crippen LogP contribution in [0.1, 0.15) is 19.8 Å². The summed E-state index contributed by atoms with van der Waals surface area (Å²) in [6.07, 6.45) is 7.38. The van der Waals surface area contributed by atoms with Crippen molar-refractivity contribution >= 4 is 21.6 Å². The topological polar surface area (TPSA) is 39.3 Å². The van der Waals surface area contributed by atoms with Crippen LogP contribution in [0.15, 0.2) is 28.0 Å². The van der Waals surface area contributed by atoms with E-state index in [9.17, 15) is 4.79 Å². The number of imidazole rings is 1. The Morgan fingerprint density at radius 3 is 3.00 bits per heavy atom. The first kappa shape index (κ1) is 10.4. The average molecular weight is 270 g/mol. The van der Waals surface area contributed by atoms with E-state index in [-0.39, 0.29) is 5.56 Å². The molecule has 0 aliphatic rings. The summed E-state index contributed by atoms with van der Waals surface area (Å²) >= 11 is 3.33. The molecule has 0 radical (unpaired) electrons. The average Bonchev–Trinajstić information content (AvgIpc) is 2.61. The van der Waals surface area contributed by atoms with Crippen molar-refractivity contribution in [3.05, 3.63) is 33.5 Å². The number of hydrogen-bond acceptors (Lipinski definition) is 2. The van der Waals surface area contributed by atoms with Crippen LogP contribution in [0.2, 0.25) is 0 Å². The molecular formula is C10H12BrN3O. The second-order valence-corrected chi connectivity index (χ2v) is 4.24. The van der Waals surface area contributed by atoms with Gasteiger partial charge in [-0.3, -0.25) is 9.20 Å². The number of nitrogens with zero attached hydrogens (tertiary/aromatic N) is 3. The summed E-state index contributed by atoms with van der Waals surface area (Å²) in [4.78, 5) is 16.0. The molecule has 0 spiro atoms. The van der Waals surface area contributed by atoms with Gasteiger partial charge in [-0.05, 0) is 22.4 Å². The normalized spacial score (nSPS) is 11.1. The fourth-order valence-corrected chi connectivity index (χ4v) is 1.88. The van der Waals surface area contributed by atoms with E-state index in [0.29, 0.717) is 5.65 Å². The van der Waals surface area contributed by atoms with E-state index in [1.54, 1.807) is 21.4 Å². The van der Waals surface area contributed by atoms with E-state index >= 15 is 0 Å². The second-order valence-electron chi connectivity index (χ2n) is 3.42. The van der Waals surface area contributed by atoms with E-state index < -0.39 is 0 Å². The monoisotopic (exact) mass is 269 g/mol. The quantitative estimate of drug-likeness (QED) is 0.856. The van der Waals surface area contributed by atoms with Crippen molar-refractivity contribution in [1.29, 1.82) is 0 Å².